The number of benzene rings is 4. The van der Waals surface area contributed by atoms with E-state index in [4.69, 9.17) is 27.9 Å². The minimum absolute atomic E-state index is 0.00284. The van der Waals surface area contributed by atoms with E-state index in [1.54, 1.807) is 48.5 Å². The number of halogens is 2. The third kappa shape index (κ3) is 9.30. The number of anilines is 1. The summed E-state index contributed by atoms with van der Waals surface area (Å²) < 4.78 is 35.4. The smallest absolute Gasteiger partial charge is 0.264 e. The largest absolute Gasteiger partial charge is 0.495 e. The average Bonchev–Trinajstić information content (AvgIpc) is 3.02. The van der Waals surface area contributed by atoms with E-state index in [1.807, 2.05) is 65.0 Å². The Morgan fingerprint density at radius 2 is 1.52 bits per heavy atom. The lowest BCUT2D eigenvalue weighted by atomic mass is 10.0. The fourth-order valence-electron chi connectivity index (χ4n) is 5.19. The van der Waals surface area contributed by atoms with Crippen molar-refractivity contribution >= 4 is 50.7 Å². The second-order valence-corrected chi connectivity index (χ2v) is 15.4. The van der Waals surface area contributed by atoms with Gasteiger partial charge in [-0.2, -0.15) is 0 Å². The minimum Gasteiger partial charge on any atom is -0.495 e. The number of sulfonamides is 1. The van der Waals surface area contributed by atoms with E-state index in [1.165, 1.54) is 24.1 Å². The molecular weight excluding hydrogens is 669 g/mol. The van der Waals surface area contributed by atoms with Crippen molar-refractivity contribution in [3.8, 4) is 5.75 Å². The van der Waals surface area contributed by atoms with E-state index in [0.29, 0.717) is 15.6 Å². The first kappa shape index (κ1) is 36.8. The molecule has 11 heteroatoms. The SMILES string of the molecule is COc1ccc(C)cc1N(CC(=O)N(Cc1ccc(Cl)cc1Cl)[C@@H](Cc1ccccc1)C(=O)NC(C)(C)C)S(=O)(=O)c1ccc(C)cc1. The van der Waals surface area contributed by atoms with E-state index < -0.39 is 40.0 Å². The Bertz CT molecular complexity index is 1860. The van der Waals surface area contributed by atoms with Crippen LogP contribution in [0.2, 0.25) is 10.0 Å². The summed E-state index contributed by atoms with van der Waals surface area (Å²) in [6, 6.07) is 24.7. The summed E-state index contributed by atoms with van der Waals surface area (Å²) in [5, 5.41) is 3.73. The molecule has 0 aliphatic rings. The van der Waals surface area contributed by atoms with Crippen molar-refractivity contribution in [2.75, 3.05) is 18.0 Å². The Morgan fingerprint density at radius 1 is 0.875 bits per heavy atom. The number of amides is 2. The van der Waals surface area contributed by atoms with Crippen LogP contribution in [0, 0.1) is 13.8 Å². The van der Waals surface area contributed by atoms with Gasteiger partial charge in [0.15, 0.2) is 0 Å². The molecule has 4 rings (SSSR count). The second-order valence-electron chi connectivity index (χ2n) is 12.7. The van der Waals surface area contributed by atoms with Crippen LogP contribution in [0.3, 0.4) is 0 Å². The molecule has 0 spiro atoms. The first-order valence-corrected chi connectivity index (χ1v) is 17.6. The second kappa shape index (κ2) is 15.4. The first-order valence-electron chi connectivity index (χ1n) is 15.4. The van der Waals surface area contributed by atoms with Crippen LogP contribution >= 0.6 is 23.2 Å². The molecule has 254 valence electrons. The maximum Gasteiger partial charge on any atom is 0.264 e. The molecule has 0 bridgehead atoms. The van der Waals surface area contributed by atoms with Crippen molar-refractivity contribution in [2.24, 2.45) is 0 Å². The van der Waals surface area contributed by atoms with Gasteiger partial charge in [0.05, 0.1) is 17.7 Å². The van der Waals surface area contributed by atoms with Crippen molar-refractivity contribution < 1.29 is 22.7 Å². The van der Waals surface area contributed by atoms with Crippen molar-refractivity contribution in [2.45, 2.75) is 64.1 Å². The number of methoxy groups -OCH3 is 1. The van der Waals surface area contributed by atoms with Gasteiger partial charge in [0.25, 0.3) is 10.0 Å². The summed E-state index contributed by atoms with van der Waals surface area (Å²) in [4.78, 5) is 30.2. The van der Waals surface area contributed by atoms with E-state index in [2.05, 4.69) is 5.32 Å². The van der Waals surface area contributed by atoms with Crippen molar-refractivity contribution in [3.05, 3.63) is 123 Å². The average molecular weight is 711 g/mol. The van der Waals surface area contributed by atoms with Crippen LogP contribution in [0.1, 0.15) is 43.0 Å². The Labute approximate surface area is 293 Å². The van der Waals surface area contributed by atoms with Gasteiger partial charge in [-0.1, -0.05) is 83.4 Å². The molecule has 2 amide bonds. The standard InChI is InChI=1S/C37H41Cl2N3O5S/c1-25-12-17-30(18-13-25)48(45,46)42(32-20-26(2)14-19-34(32)47-6)24-35(43)41(23-28-15-16-29(38)22-31(28)39)33(36(44)40-37(3,4)5)21-27-10-8-7-9-11-27/h7-20,22,33H,21,23-24H2,1-6H3,(H,40,44)/t33-/m0/s1. The number of hydrogen-bond donors (Lipinski definition) is 1. The number of hydrogen-bond acceptors (Lipinski definition) is 5. The third-order valence-corrected chi connectivity index (χ3v) is 9.98. The molecule has 0 fully saturated rings. The van der Waals surface area contributed by atoms with Gasteiger partial charge < -0.3 is 15.0 Å². The number of carbonyl (C=O) groups excluding carboxylic acids is 2. The van der Waals surface area contributed by atoms with Gasteiger partial charge in [-0.05, 0) is 87.7 Å². The molecule has 0 aliphatic heterocycles. The number of carbonyl (C=O) groups is 2. The van der Waals surface area contributed by atoms with Gasteiger partial charge in [0, 0.05) is 28.5 Å². The van der Waals surface area contributed by atoms with Gasteiger partial charge in [0.1, 0.15) is 18.3 Å². The highest BCUT2D eigenvalue weighted by atomic mass is 35.5. The predicted molar refractivity (Wildman–Crippen MR) is 192 cm³/mol. The molecule has 0 unspecified atom stereocenters. The zero-order chi connectivity index (χ0) is 35.2. The van der Waals surface area contributed by atoms with Crippen molar-refractivity contribution in [3.63, 3.8) is 0 Å². The Morgan fingerprint density at radius 3 is 2.12 bits per heavy atom. The predicted octanol–water partition coefficient (Wildman–Crippen LogP) is 7.37. The lowest BCUT2D eigenvalue weighted by Crippen LogP contribution is -2.56. The Hall–Kier alpha value is -4.05. The van der Waals surface area contributed by atoms with Gasteiger partial charge in [-0.3, -0.25) is 13.9 Å². The van der Waals surface area contributed by atoms with Gasteiger partial charge in [-0.25, -0.2) is 8.42 Å². The summed E-state index contributed by atoms with van der Waals surface area (Å²) in [7, 11) is -2.87. The highest BCUT2D eigenvalue weighted by Crippen LogP contribution is 2.34. The van der Waals surface area contributed by atoms with Gasteiger partial charge >= 0.3 is 0 Å². The molecule has 8 nitrogen and oxygen atoms in total. The number of aryl methyl sites for hydroxylation is 2. The highest BCUT2D eigenvalue weighted by Gasteiger charge is 2.36. The van der Waals surface area contributed by atoms with Gasteiger partial charge in [0.2, 0.25) is 11.8 Å². The zero-order valence-electron chi connectivity index (χ0n) is 28.0. The first-order chi connectivity index (χ1) is 22.6. The van der Waals surface area contributed by atoms with E-state index in [-0.39, 0.29) is 29.3 Å². The molecule has 0 saturated heterocycles. The monoisotopic (exact) mass is 709 g/mol. The van der Waals surface area contributed by atoms with Crippen LogP contribution in [-0.2, 0) is 32.6 Å². The highest BCUT2D eigenvalue weighted by molar-refractivity contribution is 7.92. The fourth-order valence-corrected chi connectivity index (χ4v) is 7.07. The normalized spacial score (nSPS) is 12.2. The van der Waals surface area contributed by atoms with Crippen LogP contribution in [0.5, 0.6) is 5.75 Å². The van der Waals surface area contributed by atoms with E-state index in [0.717, 1.165) is 21.0 Å². The molecule has 0 heterocycles. The van der Waals surface area contributed by atoms with Crippen LogP contribution in [0.15, 0.2) is 95.9 Å². The lowest BCUT2D eigenvalue weighted by molar-refractivity contribution is -0.140. The topological polar surface area (TPSA) is 96.0 Å². The van der Waals surface area contributed by atoms with Crippen LogP contribution in [0.25, 0.3) is 0 Å². The maximum atomic E-state index is 14.8. The zero-order valence-corrected chi connectivity index (χ0v) is 30.3. The summed E-state index contributed by atoms with van der Waals surface area (Å²) in [6.45, 7) is 8.52. The summed E-state index contributed by atoms with van der Waals surface area (Å²) >= 11 is 12.8. The molecule has 0 aromatic heterocycles. The van der Waals surface area contributed by atoms with Crippen LogP contribution < -0.4 is 14.4 Å². The lowest BCUT2D eigenvalue weighted by Gasteiger charge is -2.35. The molecule has 1 atom stereocenters. The number of nitrogens with one attached hydrogen (secondary N) is 1. The van der Waals surface area contributed by atoms with Crippen molar-refractivity contribution in [1.29, 1.82) is 0 Å². The Balaban J connectivity index is 1.89. The third-order valence-electron chi connectivity index (χ3n) is 7.62. The quantitative estimate of drug-likeness (QED) is 0.166. The molecule has 0 saturated carbocycles. The van der Waals surface area contributed by atoms with Crippen LogP contribution in [0.4, 0.5) is 5.69 Å². The van der Waals surface area contributed by atoms with Crippen molar-refractivity contribution in [1.82, 2.24) is 10.2 Å². The molecule has 4 aromatic rings. The number of rotatable bonds is 12. The molecule has 1 N–H and O–H groups in total. The molecule has 4 aromatic carbocycles. The molecule has 0 radical (unpaired) electrons. The molecule has 0 aliphatic carbocycles. The fraction of sp³-hybridized carbons (Fsp3) is 0.297. The summed E-state index contributed by atoms with van der Waals surface area (Å²) in [6.07, 6.45) is 0.165. The molecule has 48 heavy (non-hydrogen) atoms. The van der Waals surface area contributed by atoms with E-state index >= 15 is 0 Å². The van der Waals surface area contributed by atoms with Gasteiger partial charge in [-0.15, -0.1) is 0 Å². The minimum atomic E-state index is -4.31. The number of nitrogens with zero attached hydrogens (tertiary/aromatic N) is 2. The Kier molecular flexibility index (Phi) is 11.8. The maximum absolute atomic E-state index is 14.8. The van der Waals surface area contributed by atoms with Crippen LogP contribution in [-0.4, -0.2) is 50.4 Å². The number of ether oxygens (including phenoxy) is 1. The summed E-state index contributed by atoms with van der Waals surface area (Å²) in [5.74, 6) is -0.751. The molecular formula is C37H41Cl2N3O5S. The van der Waals surface area contributed by atoms with E-state index in [9.17, 15) is 18.0 Å². The summed E-state index contributed by atoms with van der Waals surface area (Å²) in [5.41, 5.74) is 2.57.